The molecule has 20 heavy (non-hydrogen) atoms. The molecule has 4 nitrogen and oxygen atoms in total. The maximum absolute atomic E-state index is 11.6. The summed E-state index contributed by atoms with van der Waals surface area (Å²) >= 11 is 3.43. The van der Waals surface area contributed by atoms with Crippen LogP contribution in [0.2, 0.25) is 0 Å². The van der Waals surface area contributed by atoms with Crippen molar-refractivity contribution in [2.45, 2.75) is 6.54 Å². The van der Waals surface area contributed by atoms with Crippen LogP contribution in [-0.4, -0.2) is 11.8 Å². The number of halogens is 1. The number of rotatable bonds is 3. The fourth-order valence-corrected chi connectivity index (χ4v) is 2.58. The number of benzene rings is 2. The van der Waals surface area contributed by atoms with Crippen LogP contribution in [0.5, 0.6) is 0 Å². The molecule has 0 unspecified atom stereocenters. The first-order chi connectivity index (χ1) is 9.63. The summed E-state index contributed by atoms with van der Waals surface area (Å²) in [6.45, 7) is 0.647. The minimum Gasteiger partial charge on any atom is -0.381 e. The third-order valence-corrected chi connectivity index (χ3v) is 3.61. The molecule has 2 aromatic rings. The second-order valence-electron chi connectivity index (χ2n) is 4.53. The SMILES string of the molecule is O=C1NC(=O)c2cc(NCc3cccc(Br)c3)ccc21. The zero-order valence-electron chi connectivity index (χ0n) is 10.4. The van der Waals surface area contributed by atoms with E-state index < -0.39 is 0 Å². The Balaban J connectivity index is 1.78. The van der Waals surface area contributed by atoms with Crippen LogP contribution in [0.3, 0.4) is 0 Å². The summed E-state index contributed by atoms with van der Waals surface area (Å²) in [6, 6.07) is 13.1. The molecule has 0 aromatic heterocycles. The van der Waals surface area contributed by atoms with Gasteiger partial charge in [0, 0.05) is 16.7 Å². The van der Waals surface area contributed by atoms with E-state index in [4.69, 9.17) is 0 Å². The molecule has 1 aliphatic rings. The minimum absolute atomic E-state index is 0.330. The van der Waals surface area contributed by atoms with E-state index >= 15 is 0 Å². The molecule has 2 aromatic carbocycles. The van der Waals surface area contributed by atoms with Gasteiger partial charge in [-0.15, -0.1) is 0 Å². The molecular weight excluding hydrogens is 320 g/mol. The normalized spacial score (nSPS) is 13.1. The number of carbonyl (C=O) groups is 2. The Kier molecular flexibility index (Phi) is 3.28. The lowest BCUT2D eigenvalue weighted by Gasteiger charge is -2.07. The van der Waals surface area contributed by atoms with Crippen LogP contribution < -0.4 is 10.6 Å². The molecule has 0 saturated heterocycles. The molecule has 0 saturated carbocycles. The quantitative estimate of drug-likeness (QED) is 0.850. The van der Waals surface area contributed by atoms with Crippen LogP contribution in [0, 0.1) is 0 Å². The number of carbonyl (C=O) groups excluding carboxylic acids is 2. The molecule has 0 atom stereocenters. The summed E-state index contributed by atoms with van der Waals surface area (Å²) in [5.41, 5.74) is 2.80. The van der Waals surface area contributed by atoms with Crippen molar-refractivity contribution in [3.05, 3.63) is 63.6 Å². The van der Waals surface area contributed by atoms with Gasteiger partial charge in [0.05, 0.1) is 11.1 Å². The van der Waals surface area contributed by atoms with E-state index in [9.17, 15) is 9.59 Å². The van der Waals surface area contributed by atoms with Crippen LogP contribution in [0.1, 0.15) is 26.3 Å². The summed E-state index contributed by atoms with van der Waals surface area (Å²) in [7, 11) is 0. The zero-order chi connectivity index (χ0) is 14.1. The molecule has 2 N–H and O–H groups in total. The second-order valence-corrected chi connectivity index (χ2v) is 5.44. The lowest BCUT2D eigenvalue weighted by molar-refractivity contribution is 0.0879. The summed E-state index contributed by atoms with van der Waals surface area (Å²) in [6.07, 6.45) is 0. The molecule has 0 radical (unpaired) electrons. The van der Waals surface area contributed by atoms with Crippen molar-refractivity contribution >= 4 is 33.4 Å². The highest BCUT2D eigenvalue weighted by Crippen LogP contribution is 2.21. The van der Waals surface area contributed by atoms with Gasteiger partial charge in [-0.2, -0.15) is 0 Å². The van der Waals surface area contributed by atoms with Gasteiger partial charge in [-0.25, -0.2) is 0 Å². The highest BCUT2D eigenvalue weighted by atomic mass is 79.9. The highest BCUT2D eigenvalue weighted by molar-refractivity contribution is 9.10. The minimum atomic E-state index is -0.337. The molecule has 0 aliphatic carbocycles. The van der Waals surface area contributed by atoms with Gasteiger partial charge >= 0.3 is 0 Å². The number of hydrogen-bond donors (Lipinski definition) is 2. The third-order valence-electron chi connectivity index (χ3n) is 3.12. The molecule has 5 heteroatoms. The van der Waals surface area contributed by atoms with Gasteiger partial charge < -0.3 is 5.32 Å². The first-order valence-electron chi connectivity index (χ1n) is 6.11. The lowest BCUT2D eigenvalue weighted by atomic mass is 10.1. The van der Waals surface area contributed by atoms with Gasteiger partial charge in [0.2, 0.25) is 0 Å². The Labute approximate surface area is 124 Å². The number of hydrogen-bond acceptors (Lipinski definition) is 3. The van der Waals surface area contributed by atoms with E-state index in [-0.39, 0.29) is 11.8 Å². The average Bonchev–Trinajstić information content (AvgIpc) is 2.72. The van der Waals surface area contributed by atoms with Gasteiger partial charge in [0.1, 0.15) is 0 Å². The molecule has 1 heterocycles. The van der Waals surface area contributed by atoms with Crippen LogP contribution in [0.4, 0.5) is 5.69 Å². The molecule has 0 bridgehead atoms. The largest absolute Gasteiger partial charge is 0.381 e. The van der Waals surface area contributed by atoms with E-state index in [2.05, 4.69) is 26.6 Å². The van der Waals surface area contributed by atoms with Crippen molar-refractivity contribution in [2.24, 2.45) is 0 Å². The number of amides is 2. The van der Waals surface area contributed by atoms with Crippen molar-refractivity contribution in [3.8, 4) is 0 Å². The smallest absolute Gasteiger partial charge is 0.259 e. The number of anilines is 1. The van der Waals surface area contributed by atoms with Crippen LogP contribution in [-0.2, 0) is 6.54 Å². The summed E-state index contributed by atoms with van der Waals surface area (Å²) < 4.78 is 1.02. The van der Waals surface area contributed by atoms with Crippen molar-refractivity contribution in [2.75, 3.05) is 5.32 Å². The monoisotopic (exact) mass is 330 g/mol. The molecule has 3 rings (SSSR count). The molecule has 2 amide bonds. The van der Waals surface area contributed by atoms with Crippen molar-refractivity contribution < 1.29 is 9.59 Å². The molecule has 1 aliphatic heterocycles. The summed E-state index contributed by atoms with van der Waals surface area (Å²) in [4.78, 5) is 23.0. The topological polar surface area (TPSA) is 58.2 Å². The summed E-state index contributed by atoms with van der Waals surface area (Å²) in [5, 5.41) is 5.52. The van der Waals surface area contributed by atoms with Crippen LogP contribution in [0.15, 0.2) is 46.9 Å². The van der Waals surface area contributed by atoms with Crippen LogP contribution in [0.25, 0.3) is 0 Å². The summed E-state index contributed by atoms with van der Waals surface area (Å²) in [5.74, 6) is -0.667. The van der Waals surface area contributed by atoms with Gasteiger partial charge in [-0.3, -0.25) is 14.9 Å². The third kappa shape index (κ3) is 2.44. The molecule has 0 fully saturated rings. The Bertz CT molecular complexity index is 713. The van der Waals surface area contributed by atoms with Crippen molar-refractivity contribution in [3.63, 3.8) is 0 Å². The fraction of sp³-hybridized carbons (Fsp3) is 0.0667. The van der Waals surface area contributed by atoms with E-state index in [0.717, 1.165) is 15.7 Å². The maximum Gasteiger partial charge on any atom is 0.259 e. The predicted octanol–water partition coefficient (Wildman–Crippen LogP) is 2.94. The molecule has 0 spiro atoms. The Morgan fingerprint density at radius 2 is 1.80 bits per heavy atom. The number of imide groups is 1. The van der Waals surface area contributed by atoms with E-state index in [0.29, 0.717) is 17.7 Å². The Hall–Kier alpha value is -2.14. The Morgan fingerprint density at radius 1 is 1.00 bits per heavy atom. The van der Waals surface area contributed by atoms with Crippen molar-refractivity contribution in [1.82, 2.24) is 5.32 Å². The van der Waals surface area contributed by atoms with Crippen molar-refractivity contribution in [1.29, 1.82) is 0 Å². The number of nitrogens with one attached hydrogen (secondary N) is 2. The lowest BCUT2D eigenvalue weighted by Crippen LogP contribution is -2.19. The number of fused-ring (bicyclic) bond motifs is 1. The van der Waals surface area contributed by atoms with E-state index in [1.165, 1.54) is 0 Å². The van der Waals surface area contributed by atoms with Crippen LogP contribution >= 0.6 is 15.9 Å². The predicted molar refractivity (Wildman–Crippen MR) is 79.7 cm³/mol. The van der Waals surface area contributed by atoms with Gasteiger partial charge in [-0.05, 0) is 35.9 Å². The van der Waals surface area contributed by atoms with Gasteiger partial charge in [0.25, 0.3) is 11.8 Å². The average molecular weight is 331 g/mol. The van der Waals surface area contributed by atoms with E-state index in [1.807, 2.05) is 24.3 Å². The van der Waals surface area contributed by atoms with Gasteiger partial charge in [0.15, 0.2) is 0 Å². The second kappa shape index (κ2) is 5.09. The zero-order valence-corrected chi connectivity index (χ0v) is 12.0. The highest BCUT2D eigenvalue weighted by Gasteiger charge is 2.26. The first kappa shape index (κ1) is 12.9. The first-order valence-corrected chi connectivity index (χ1v) is 6.91. The Morgan fingerprint density at radius 3 is 2.60 bits per heavy atom. The molecular formula is C15H11BrN2O2. The van der Waals surface area contributed by atoms with Gasteiger partial charge in [-0.1, -0.05) is 28.1 Å². The van der Waals surface area contributed by atoms with E-state index in [1.54, 1.807) is 18.2 Å². The fourth-order valence-electron chi connectivity index (χ4n) is 2.13. The maximum atomic E-state index is 11.6. The standard InChI is InChI=1S/C15H11BrN2O2/c16-10-3-1-2-9(6-10)8-17-11-4-5-12-13(7-11)15(20)18-14(12)19/h1-7,17H,8H2,(H,18,19,20). The molecule has 100 valence electrons.